The molecular formula is C16H25N3O2. The number of rotatable bonds is 3. The summed E-state index contributed by atoms with van der Waals surface area (Å²) < 4.78 is 7.44. The predicted molar refractivity (Wildman–Crippen MR) is 80.0 cm³/mol. The number of cyclic esters (lactones) is 1. The van der Waals surface area contributed by atoms with Gasteiger partial charge in [-0.3, -0.25) is 14.4 Å². The van der Waals surface area contributed by atoms with Gasteiger partial charge in [-0.05, 0) is 46.2 Å². The molecule has 3 rings (SSSR count). The molecule has 0 saturated carbocycles. The second-order valence-electron chi connectivity index (χ2n) is 6.50. The molecule has 0 aliphatic carbocycles. The van der Waals surface area contributed by atoms with E-state index in [2.05, 4.69) is 27.7 Å². The lowest BCUT2D eigenvalue weighted by Gasteiger charge is -2.38. The van der Waals surface area contributed by atoms with E-state index in [0.717, 1.165) is 31.6 Å². The third kappa shape index (κ3) is 2.98. The number of aryl methyl sites for hydroxylation is 2. The van der Waals surface area contributed by atoms with Crippen LogP contribution in [0.4, 0.5) is 0 Å². The molecule has 3 unspecified atom stereocenters. The molecule has 5 nitrogen and oxygen atoms in total. The van der Waals surface area contributed by atoms with E-state index < -0.39 is 0 Å². The Kier molecular flexibility index (Phi) is 4.02. The second kappa shape index (κ2) is 5.79. The Bertz CT molecular complexity index is 526. The Labute approximate surface area is 126 Å². The lowest BCUT2D eigenvalue weighted by Crippen LogP contribution is -2.50. The first kappa shape index (κ1) is 14.6. The average Bonchev–Trinajstić information content (AvgIpc) is 2.92. The highest BCUT2D eigenvalue weighted by atomic mass is 16.6. The molecule has 0 N–H and O–H groups in total. The summed E-state index contributed by atoms with van der Waals surface area (Å²) in [5.41, 5.74) is 2.25. The van der Waals surface area contributed by atoms with Gasteiger partial charge >= 0.3 is 5.97 Å². The number of hydrogen-bond acceptors (Lipinski definition) is 4. The highest BCUT2D eigenvalue weighted by Gasteiger charge is 2.40. The van der Waals surface area contributed by atoms with Crippen molar-refractivity contribution in [1.29, 1.82) is 0 Å². The zero-order chi connectivity index (χ0) is 15.0. The summed E-state index contributed by atoms with van der Waals surface area (Å²) in [6.07, 6.45) is 4.42. The van der Waals surface area contributed by atoms with Gasteiger partial charge in [0, 0.05) is 18.2 Å². The number of carbonyl (C=O) groups is 1. The van der Waals surface area contributed by atoms with Gasteiger partial charge in [0.2, 0.25) is 0 Å². The molecule has 0 spiro atoms. The minimum Gasteiger partial charge on any atom is -0.461 e. The van der Waals surface area contributed by atoms with Gasteiger partial charge in [-0.2, -0.15) is 5.10 Å². The fourth-order valence-electron chi connectivity index (χ4n) is 3.69. The highest BCUT2D eigenvalue weighted by Crippen LogP contribution is 2.28. The first-order chi connectivity index (χ1) is 10.0. The van der Waals surface area contributed by atoms with E-state index in [1.165, 1.54) is 18.5 Å². The number of ether oxygens (including phenoxy) is 1. The minimum atomic E-state index is -0.0535. The molecule has 3 atom stereocenters. The molecule has 21 heavy (non-hydrogen) atoms. The van der Waals surface area contributed by atoms with Crippen LogP contribution in [0.15, 0.2) is 6.07 Å². The van der Waals surface area contributed by atoms with Crippen LogP contribution < -0.4 is 0 Å². The molecule has 0 aromatic carbocycles. The van der Waals surface area contributed by atoms with Crippen LogP contribution in [0.2, 0.25) is 0 Å². The number of hydrogen-bond donors (Lipinski definition) is 0. The fraction of sp³-hybridized carbons (Fsp3) is 0.750. The molecule has 0 bridgehead atoms. The van der Waals surface area contributed by atoms with Crippen LogP contribution in [0.5, 0.6) is 0 Å². The van der Waals surface area contributed by atoms with Crippen LogP contribution in [0.25, 0.3) is 0 Å². The van der Waals surface area contributed by atoms with E-state index >= 15 is 0 Å². The monoisotopic (exact) mass is 291 g/mol. The molecule has 2 saturated heterocycles. The van der Waals surface area contributed by atoms with Gasteiger partial charge in [0.05, 0.1) is 12.2 Å². The Balaban J connectivity index is 1.75. The lowest BCUT2D eigenvalue weighted by molar-refractivity contribution is -0.146. The summed E-state index contributed by atoms with van der Waals surface area (Å²) in [4.78, 5) is 14.4. The van der Waals surface area contributed by atoms with Crippen molar-refractivity contribution < 1.29 is 9.53 Å². The van der Waals surface area contributed by atoms with Crippen molar-refractivity contribution in [2.75, 3.05) is 6.54 Å². The van der Waals surface area contributed by atoms with Crippen molar-refractivity contribution in [3.8, 4) is 0 Å². The van der Waals surface area contributed by atoms with E-state index in [1.54, 1.807) is 0 Å². The van der Waals surface area contributed by atoms with Crippen LogP contribution in [0, 0.1) is 13.8 Å². The molecule has 0 radical (unpaired) electrons. The van der Waals surface area contributed by atoms with Crippen molar-refractivity contribution >= 4 is 5.97 Å². The zero-order valence-corrected chi connectivity index (χ0v) is 13.2. The maximum atomic E-state index is 12.1. The lowest BCUT2D eigenvalue weighted by atomic mass is 9.98. The smallest absolute Gasteiger partial charge is 0.323 e. The van der Waals surface area contributed by atoms with Crippen molar-refractivity contribution in [2.45, 2.75) is 71.2 Å². The highest BCUT2D eigenvalue weighted by molar-refractivity contribution is 5.78. The van der Waals surface area contributed by atoms with Crippen molar-refractivity contribution in [3.63, 3.8) is 0 Å². The van der Waals surface area contributed by atoms with Gasteiger partial charge in [0.25, 0.3) is 0 Å². The molecule has 2 aliphatic heterocycles. The van der Waals surface area contributed by atoms with Crippen molar-refractivity contribution in [2.24, 2.45) is 0 Å². The van der Waals surface area contributed by atoms with Crippen LogP contribution >= 0.6 is 0 Å². The van der Waals surface area contributed by atoms with Crippen molar-refractivity contribution in [3.05, 3.63) is 17.5 Å². The Morgan fingerprint density at radius 2 is 2.19 bits per heavy atom. The second-order valence-corrected chi connectivity index (χ2v) is 6.50. The predicted octanol–water partition coefficient (Wildman–Crippen LogP) is 2.06. The van der Waals surface area contributed by atoms with E-state index in [4.69, 9.17) is 4.74 Å². The van der Waals surface area contributed by atoms with Crippen LogP contribution in [-0.4, -0.2) is 45.4 Å². The molecule has 1 aromatic rings. The number of likely N-dealkylation sites (tertiary alicyclic amines) is 1. The third-order valence-corrected chi connectivity index (χ3v) is 4.70. The zero-order valence-electron chi connectivity index (χ0n) is 13.2. The van der Waals surface area contributed by atoms with Gasteiger partial charge in [-0.1, -0.05) is 6.42 Å². The van der Waals surface area contributed by atoms with Gasteiger partial charge in [0.15, 0.2) is 0 Å². The average molecular weight is 291 g/mol. The number of nitrogens with zero attached hydrogens (tertiary/aromatic N) is 3. The van der Waals surface area contributed by atoms with Gasteiger partial charge in [0.1, 0.15) is 12.1 Å². The quantitative estimate of drug-likeness (QED) is 0.800. The Morgan fingerprint density at radius 3 is 2.81 bits per heavy atom. The maximum absolute atomic E-state index is 12.1. The third-order valence-electron chi connectivity index (χ3n) is 4.70. The summed E-state index contributed by atoms with van der Waals surface area (Å²) >= 11 is 0. The summed E-state index contributed by atoms with van der Waals surface area (Å²) in [5.74, 6) is -0.0391. The Morgan fingerprint density at radius 1 is 1.38 bits per heavy atom. The summed E-state index contributed by atoms with van der Waals surface area (Å²) in [5, 5.41) is 4.57. The normalized spacial score (nSPS) is 30.6. The van der Waals surface area contributed by atoms with E-state index in [0.29, 0.717) is 6.04 Å². The first-order valence-electron chi connectivity index (χ1n) is 8.02. The topological polar surface area (TPSA) is 47.4 Å². The number of carbonyl (C=O) groups excluding carboxylic acids is 1. The van der Waals surface area contributed by atoms with Gasteiger partial charge in [-0.15, -0.1) is 0 Å². The van der Waals surface area contributed by atoms with Crippen molar-refractivity contribution in [1.82, 2.24) is 14.7 Å². The van der Waals surface area contributed by atoms with E-state index in [-0.39, 0.29) is 18.1 Å². The molecule has 3 heterocycles. The summed E-state index contributed by atoms with van der Waals surface area (Å²) in [7, 11) is 0. The van der Waals surface area contributed by atoms with E-state index in [1.807, 2.05) is 13.8 Å². The largest absolute Gasteiger partial charge is 0.461 e. The van der Waals surface area contributed by atoms with Crippen LogP contribution in [0.1, 0.15) is 44.0 Å². The summed E-state index contributed by atoms with van der Waals surface area (Å²) in [6, 6.07) is 2.45. The van der Waals surface area contributed by atoms with Gasteiger partial charge < -0.3 is 4.74 Å². The standard InChI is InChI=1S/C16H25N3O2/c1-11-8-12(2)19(17-11)10-14-6-4-5-7-18(14)15-9-13(3)21-16(15)20/h8,13-15H,4-7,9-10H2,1-3H3. The first-order valence-corrected chi connectivity index (χ1v) is 8.02. The molecular weight excluding hydrogens is 266 g/mol. The van der Waals surface area contributed by atoms with Crippen LogP contribution in [0.3, 0.4) is 0 Å². The molecule has 5 heteroatoms. The molecule has 1 aromatic heterocycles. The Hall–Kier alpha value is -1.36. The van der Waals surface area contributed by atoms with Gasteiger partial charge in [-0.25, -0.2) is 0 Å². The number of piperidine rings is 1. The minimum absolute atomic E-state index is 0.0391. The molecule has 0 amide bonds. The molecule has 116 valence electrons. The SMILES string of the molecule is Cc1cc(C)n(CC2CCCCN2C2CC(C)OC2=O)n1. The fourth-order valence-corrected chi connectivity index (χ4v) is 3.69. The number of aromatic nitrogens is 2. The molecule has 2 aliphatic rings. The van der Waals surface area contributed by atoms with Crippen LogP contribution in [-0.2, 0) is 16.1 Å². The molecule has 2 fully saturated rings. The van der Waals surface area contributed by atoms with E-state index in [9.17, 15) is 4.79 Å². The maximum Gasteiger partial charge on any atom is 0.323 e. The summed E-state index contributed by atoms with van der Waals surface area (Å²) in [6.45, 7) is 7.98. The number of esters is 1.